The lowest BCUT2D eigenvalue weighted by Gasteiger charge is -2.26. The van der Waals surface area contributed by atoms with Crippen LogP contribution in [0, 0.1) is 0 Å². The molecule has 0 aromatic carbocycles. The molecule has 3 rings (SSSR count). The quantitative estimate of drug-likeness (QED) is 0.730. The number of hydrogen-bond acceptors (Lipinski definition) is 7. The average molecular weight is 292 g/mol. The summed E-state index contributed by atoms with van der Waals surface area (Å²) in [7, 11) is 1.72. The number of aromatic nitrogens is 4. The zero-order chi connectivity index (χ0) is 14.7. The van der Waals surface area contributed by atoms with Crippen molar-refractivity contribution in [2.75, 3.05) is 44.0 Å². The summed E-state index contributed by atoms with van der Waals surface area (Å²) in [6.07, 6.45) is 2.59. The van der Waals surface area contributed by atoms with Gasteiger partial charge in [-0.2, -0.15) is 15.1 Å². The van der Waals surface area contributed by atoms with Gasteiger partial charge in [0.25, 0.3) is 0 Å². The van der Waals surface area contributed by atoms with Gasteiger partial charge in [0.15, 0.2) is 5.65 Å². The maximum Gasteiger partial charge on any atom is 0.226 e. The maximum absolute atomic E-state index is 5.62. The van der Waals surface area contributed by atoms with Gasteiger partial charge < -0.3 is 20.1 Å². The largest absolute Gasteiger partial charge is 0.378 e. The van der Waals surface area contributed by atoms with Crippen molar-refractivity contribution in [2.45, 2.75) is 18.9 Å². The number of nitrogens with one attached hydrogen (secondary N) is 3. The van der Waals surface area contributed by atoms with E-state index in [1.165, 1.54) is 0 Å². The monoisotopic (exact) mass is 292 g/mol. The number of rotatable bonds is 6. The summed E-state index contributed by atoms with van der Waals surface area (Å²) in [4.78, 5) is 8.87. The zero-order valence-corrected chi connectivity index (χ0v) is 12.3. The fraction of sp³-hybridized carbons (Fsp3) is 0.615. The maximum atomic E-state index is 5.62. The van der Waals surface area contributed by atoms with E-state index in [2.05, 4.69) is 30.8 Å². The highest BCUT2D eigenvalue weighted by Gasteiger charge is 2.35. The normalized spacial score (nSPS) is 21.8. The molecule has 2 aromatic heterocycles. The number of methoxy groups -OCH3 is 1. The van der Waals surface area contributed by atoms with Gasteiger partial charge in [0.05, 0.1) is 18.2 Å². The number of aromatic amines is 1. The summed E-state index contributed by atoms with van der Waals surface area (Å²) in [5.74, 6) is 1.32. The highest BCUT2D eigenvalue weighted by molar-refractivity contribution is 5.86. The van der Waals surface area contributed by atoms with Gasteiger partial charge in [-0.25, -0.2) is 0 Å². The van der Waals surface area contributed by atoms with Crippen LogP contribution in [0.2, 0.25) is 0 Å². The molecular weight excluding hydrogens is 272 g/mol. The second-order valence-corrected chi connectivity index (χ2v) is 5.10. The van der Waals surface area contributed by atoms with Crippen LogP contribution < -0.4 is 10.6 Å². The lowest BCUT2D eigenvalue weighted by Crippen LogP contribution is -2.39. The second-order valence-electron chi connectivity index (χ2n) is 5.10. The molecule has 21 heavy (non-hydrogen) atoms. The summed E-state index contributed by atoms with van der Waals surface area (Å²) in [6, 6.07) is 0. The van der Waals surface area contributed by atoms with E-state index in [1.807, 2.05) is 6.92 Å². The van der Waals surface area contributed by atoms with E-state index < -0.39 is 0 Å². The molecule has 8 nitrogen and oxygen atoms in total. The first kappa shape index (κ1) is 14.0. The van der Waals surface area contributed by atoms with Gasteiger partial charge in [0, 0.05) is 33.2 Å². The van der Waals surface area contributed by atoms with E-state index >= 15 is 0 Å². The first-order chi connectivity index (χ1) is 10.3. The first-order valence-electron chi connectivity index (χ1n) is 7.08. The summed E-state index contributed by atoms with van der Waals surface area (Å²) in [5.41, 5.74) is 0.414. The smallest absolute Gasteiger partial charge is 0.226 e. The van der Waals surface area contributed by atoms with Gasteiger partial charge in [-0.1, -0.05) is 0 Å². The Labute approximate surface area is 122 Å². The Morgan fingerprint density at radius 3 is 3.05 bits per heavy atom. The number of H-pyrrole nitrogens is 1. The van der Waals surface area contributed by atoms with E-state index in [0.717, 1.165) is 30.8 Å². The number of nitrogens with zero attached hydrogens (tertiary/aromatic N) is 3. The average Bonchev–Trinajstić information content (AvgIpc) is 3.15. The molecule has 114 valence electrons. The van der Waals surface area contributed by atoms with Gasteiger partial charge in [-0.3, -0.25) is 5.10 Å². The third kappa shape index (κ3) is 2.77. The predicted molar refractivity (Wildman–Crippen MR) is 79.5 cm³/mol. The number of anilines is 2. The molecule has 8 heteroatoms. The van der Waals surface area contributed by atoms with Gasteiger partial charge in [0.1, 0.15) is 11.4 Å². The highest BCUT2D eigenvalue weighted by Crippen LogP contribution is 2.25. The zero-order valence-electron chi connectivity index (χ0n) is 12.3. The van der Waals surface area contributed by atoms with Crippen molar-refractivity contribution in [3.63, 3.8) is 0 Å². The van der Waals surface area contributed by atoms with Crippen LogP contribution in [0.15, 0.2) is 6.20 Å². The summed E-state index contributed by atoms with van der Waals surface area (Å²) < 4.78 is 11.1. The van der Waals surface area contributed by atoms with E-state index in [1.54, 1.807) is 13.3 Å². The molecule has 1 fully saturated rings. The van der Waals surface area contributed by atoms with Crippen molar-refractivity contribution in [1.82, 2.24) is 20.2 Å². The van der Waals surface area contributed by atoms with Crippen molar-refractivity contribution in [3.05, 3.63) is 6.20 Å². The topological polar surface area (TPSA) is 97.0 Å². The standard InChI is InChI=1S/C13H20N6O2/c1-3-14-12-17-10(9-6-16-19-11(9)18-12)15-7-13(20-2)4-5-21-8-13/h6H,3-5,7-8H2,1-2H3,(H3,14,15,16,17,18,19). The molecule has 0 amide bonds. The van der Waals surface area contributed by atoms with Gasteiger partial charge in [0.2, 0.25) is 5.95 Å². The Morgan fingerprint density at radius 2 is 2.33 bits per heavy atom. The summed E-state index contributed by atoms with van der Waals surface area (Å²) in [6.45, 7) is 4.71. The fourth-order valence-electron chi connectivity index (χ4n) is 2.41. The Kier molecular flexibility index (Phi) is 3.89. The molecule has 0 spiro atoms. The van der Waals surface area contributed by atoms with Crippen LogP contribution in [-0.2, 0) is 9.47 Å². The van der Waals surface area contributed by atoms with Gasteiger partial charge in [-0.15, -0.1) is 0 Å². The number of fused-ring (bicyclic) bond motifs is 1. The SMILES string of the molecule is CCNc1nc(NCC2(OC)CCOC2)c2cn[nH]c2n1. The fourth-order valence-corrected chi connectivity index (χ4v) is 2.41. The molecule has 1 aliphatic heterocycles. The van der Waals surface area contributed by atoms with Gasteiger partial charge in [-0.05, 0) is 6.92 Å². The highest BCUT2D eigenvalue weighted by atomic mass is 16.5. The molecule has 1 unspecified atom stereocenters. The van der Waals surface area contributed by atoms with Crippen LogP contribution in [0.3, 0.4) is 0 Å². The van der Waals surface area contributed by atoms with E-state index in [4.69, 9.17) is 9.47 Å². The molecule has 0 saturated carbocycles. The minimum absolute atomic E-state index is 0.292. The van der Waals surface area contributed by atoms with E-state index in [0.29, 0.717) is 24.7 Å². The summed E-state index contributed by atoms with van der Waals surface area (Å²) >= 11 is 0. The van der Waals surface area contributed by atoms with Gasteiger partial charge >= 0.3 is 0 Å². The van der Waals surface area contributed by atoms with Crippen LogP contribution in [0.4, 0.5) is 11.8 Å². The van der Waals surface area contributed by atoms with Crippen molar-refractivity contribution < 1.29 is 9.47 Å². The molecule has 3 heterocycles. The lowest BCUT2D eigenvalue weighted by molar-refractivity contribution is -0.00623. The second kappa shape index (κ2) is 5.82. The van der Waals surface area contributed by atoms with Crippen molar-refractivity contribution in [3.8, 4) is 0 Å². The summed E-state index contributed by atoms with van der Waals surface area (Å²) in [5, 5.41) is 14.2. The molecule has 2 aromatic rings. The van der Waals surface area contributed by atoms with Crippen LogP contribution >= 0.6 is 0 Å². The minimum Gasteiger partial charge on any atom is -0.378 e. The molecule has 1 atom stereocenters. The van der Waals surface area contributed by atoms with Crippen LogP contribution in [0.5, 0.6) is 0 Å². The Balaban J connectivity index is 1.83. The molecule has 1 aliphatic rings. The molecule has 3 N–H and O–H groups in total. The third-order valence-corrected chi connectivity index (χ3v) is 3.72. The number of ether oxygens (including phenoxy) is 2. The van der Waals surface area contributed by atoms with Crippen molar-refractivity contribution in [2.24, 2.45) is 0 Å². The molecular formula is C13H20N6O2. The van der Waals surface area contributed by atoms with Crippen molar-refractivity contribution in [1.29, 1.82) is 0 Å². The third-order valence-electron chi connectivity index (χ3n) is 3.72. The predicted octanol–water partition coefficient (Wildman–Crippen LogP) is 1.00. The van der Waals surface area contributed by atoms with E-state index in [9.17, 15) is 0 Å². The van der Waals surface area contributed by atoms with Crippen LogP contribution in [0.1, 0.15) is 13.3 Å². The lowest BCUT2D eigenvalue weighted by atomic mass is 10.0. The molecule has 0 bridgehead atoms. The minimum atomic E-state index is -0.292. The molecule has 1 saturated heterocycles. The Bertz CT molecular complexity index is 608. The van der Waals surface area contributed by atoms with E-state index in [-0.39, 0.29) is 5.60 Å². The van der Waals surface area contributed by atoms with Crippen molar-refractivity contribution >= 4 is 22.8 Å². The Hall–Kier alpha value is -1.93. The Morgan fingerprint density at radius 1 is 1.43 bits per heavy atom. The van der Waals surface area contributed by atoms with Crippen LogP contribution in [0.25, 0.3) is 11.0 Å². The molecule has 0 radical (unpaired) electrons. The molecule has 0 aliphatic carbocycles. The van der Waals surface area contributed by atoms with Crippen LogP contribution in [-0.4, -0.2) is 59.2 Å². The number of hydrogen-bond donors (Lipinski definition) is 3. The first-order valence-corrected chi connectivity index (χ1v) is 7.08.